The smallest absolute Gasteiger partial charge is 0.341 e. The summed E-state index contributed by atoms with van der Waals surface area (Å²) in [6, 6.07) is 12.0. The van der Waals surface area contributed by atoms with E-state index in [0.29, 0.717) is 24.5 Å². The second-order valence-corrected chi connectivity index (χ2v) is 14.9. The summed E-state index contributed by atoms with van der Waals surface area (Å²) >= 11 is 0. The minimum atomic E-state index is -1.88. The molecule has 5 nitrogen and oxygen atoms in total. The van der Waals surface area contributed by atoms with Crippen molar-refractivity contribution in [2.75, 3.05) is 25.7 Å². The van der Waals surface area contributed by atoms with E-state index in [1.165, 1.54) is 12.7 Å². The minimum Gasteiger partial charge on any atom is -0.543 e. The van der Waals surface area contributed by atoms with Crippen molar-refractivity contribution in [3.63, 3.8) is 0 Å². The Bertz CT molecular complexity index is 950. The summed E-state index contributed by atoms with van der Waals surface area (Å²) in [7, 11) is 1.58. The van der Waals surface area contributed by atoms with Crippen LogP contribution in [0.25, 0.3) is 0 Å². The lowest BCUT2D eigenvalue weighted by molar-refractivity contribution is 0.0596. The number of methoxy groups -OCH3 is 1. The largest absolute Gasteiger partial charge is 0.543 e. The number of hydrogen-bond acceptors (Lipinski definition) is 5. The molecule has 0 spiro atoms. The third kappa shape index (κ3) is 7.00. The van der Waals surface area contributed by atoms with Crippen molar-refractivity contribution in [3.05, 3.63) is 53.1 Å². The first-order chi connectivity index (χ1) is 15.4. The van der Waals surface area contributed by atoms with E-state index in [1.54, 1.807) is 6.07 Å². The van der Waals surface area contributed by atoms with Gasteiger partial charge in [-0.3, -0.25) is 0 Å². The Balaban J connectivity index is 2.21. The standard InChI is InChI=1S/C27H41NO4Si/c1-10-11-16-31-25-18-21(12-14-23(25)26(29)30-7)19-28(6)24-15-13-22(17-20(24)2)32-33(8,9)27(3,4)5/h12-15,17-18H,10-11,16,19H2,1-9H3. The number of carbonyl (C=O) groups excluding carboxylic acids is 1. The molecule has 2 aromatic rings. The van der Waals surface area contributed by atoms with Crippen LogP contribution >= 0.6 is 0 Å². The Morgan fingerprint density at radius 3 is 2.36 bits per heavy atom. The fourth-order valence-electron chi connectivity index (χ4n) is 3.32. The zero-order valence-electron chi connectivity index (χ0n) is 21.9. The maximum Gasteiger partial charge on any atom is 0.341 e. The fourth-order valence-corrected chi connectivity index (χ4v) is 4.34. The first kappa shape index (κ1) is 26.8. The van der Waals surface area contributed by atoms with Crippen molar-refractivity contribution in [1.29, 1.82) is 0 Å². The van der Waals surface area contributed by atoms with Crippen LogP contribution in [0.15, 0.2) is 36.4 Å². The summed E-state index contributed by atoms with van der Waals surface area (Å²) in [6.45, 7) is 16.8. The van der Waals surface area contributed by atoms with Gasteiger partial charge < -0.3 is 18.8 Å². The highest BCUT2D eigenvalue weighted by Gasteiger charge is 2.39. The molecule has 0 unspecified atom stereocenters. The summed E-state index contributed by atoms with van der Waals surface area (Å²) in [5, 5.41) is 0.156. The summed E-state index contributed by atoms with van der Waals surface area (Å²) < 4.78 is 17.3. The molecule has 0 amide bonds. The number of rotatable bonds is 10. The summed E-state index contributed by atoms with van der Waals surface area (Å²) in [5.41, 5.74) is 3.84. The second kappa shape index (κ2) is 11.1. The van der Waals surface area contributed by atoms with Crippen molar-refractivity contribution < 1.29 is 18.7 Å². The van der Waals surface area contributed by atoms with Crippen LogP contribution < -0.4 is 14.1 Å². The molecule has 0 aliphatic rings. The Kier molecular flexibility index (Phi) is 9.01. The average Bonchev–Trinajstić information content (AvgIpc) is 2.72. The number of hydrogen-bond donors (Lipinski definition) is 0. The molecule has 0 fully saturated rings. The van der Waals surface area contributed by atoms with E-state index in [-0.39, 0.29) is 11.0 Å². The predicted octanol–water partition coefficient (Wildman–Crippen LogP) is 6.98. The van der Waals surface area contributed by atoms with Gasteiger partial charge in [0.2, 0.25) is 8.32 Å². The molecule has 0 aliphatic heterocycles. The van der Waals surface area contributed by atoms with Gasteiger partial charge in [0.1, 0.15) is 17.1 Å². The van der Waals surface area contributed by atoms with Gasteiger partial charge in [0.25, 0.3) is 0 Å². The van der Waals surface area contributed by atoms with Crippen LogP contribution in [0.2, 0.25) is 18.1 Å². The lowest BCUT2D eigenvalue weighted by atomic mass is 10.1. The van der Waals surface area contributed by atoms with Gasteiger partial charge in [-0.05, 0) is 72.9 Å². The van der Waals surface area contributed by atoms with Crippen LogP contribution in [-0.2, 0) is 11.3 Å². The van der Waals surface area contributed by atoms with Crippen molar-refractivity contribution in [1.82, 2.24) is 0 Å². The molecular formula is C27H41NO4Si. The minimum absolute atomic E-state index is 0.156. The van der Waals surface area contributed by atoms with Crippen LogP contribution in [-0.4, -0.2) is 35.1 Å². The summed E-state index contributed by atoms with van der Waals surface area (Å²) in [6.07, 6.45) is 1.97. The van der Waals surface area contributed by atoms with Crippen LogP contribution in [0.3, 0.4) is 0 Å². The molecular weight excluding hydrogens is 430 g/mol. The van der Waals surface area contributed by atoms with E-state index in [2.05, 4.69) is 77.9 Å². The zero-order valence-corrected chi connectivity index (χ0v) is 22.9. The van der Waals surface area contributed by atoms with E-state index in [4.69, 9.17) is 13.9 Å². The maximum absolute atomic E-state index is 12.1. The van der Waals surface area contributed by atoms with Gasteiger partial charge >= 0.3 is 5.97 Å². The molecule has 0 aromatic heterocycles. The summed E-state index contributed by atoms with van der Waals surface area (Å²) in [4.78, 5) is 14.3. The number of anilines is 1. The maximum atomic E-state index is 12.1. The molecule has 0 heterocycles. The molecule has 2 rings (SSSR count). The third-order valence-corrected chi connectivity index (χ3v) is 10.7. The Morgan fingerprint density at radius 1 is 1.09 bits per heavy atom. The van der Waals surface area contributed by atoms with Gasteiger partial charge in [-0.15, -0.1) is 0 Å². The van der Waals surface area contributed by atoms with Crippen LogP contribution in [0, 0.1) is 6.92 Å². The molecule has 0 saturated heterocycles. The van der Waals surface area contributed by atoms with Crippen molar-refractivity contribution in [2.45, 2.75) is 72.1 Å². The van der Waals surface area contributed by atoms with Gasteiger partial charge in [0.05, 0.1) is 13.7 Å². The zero-order chi connectivity index (χ0) is 24.8. The van der Waals surface area contributed by atoms with Gasteiger partial charge in [-0.1, -0.05) is 40.2 Å². The number of unbranched alkanes of at least 4 members (excludes halogenated alkanes) is 1. The Morgan fingerprint density at radius 2 is 1.79 bits per heavy atom. The lowest BCUT2D eigenvalue weighted by Crippen LogP contribution is -2.43. The van der Waals surface area contributed by atoms with E-state index in [0.717, 1.165) is 29.8 Å². The van der Waals surface area contributed by atoms with E-state index in [1.807, 2.05) is 12.1 Å². The van der Waals surface area contributed by atoms with Crippen molar-refractivity contribution in [3.8, 4) is 11.5 Å². The number of carbonyl (C=O) groups is 1. The van der Waals surface area contributed by atoms with Crippen LogP contribution in [0.5, 0.6) is 11.5 Å². The lowest BCUT2D eigenvalue weighted by Gasteiger charge is -2.36. The number of nitrogens with zero attached hydrogens (tertiary/aromatic N) is 1. The van der Waals surface area contributed by atoms with Crippen LogP contribution in [0.1, 0.15) is 62.0 Å². The van der Waals surface area contributed by atoms with Gasteiger partial charge in [-0.2, -0.15) is 0 Å². The van der Waals surface area contributed by atoms with Crippen molar-refractivity contribution in [2.24, 2.45) is 0 Å². The first-order valence-electron chi connectivity index (χ1n) is 11.7. The summed E-state index contributed by atoms with van der Waals surface area (Å²) in [5.74, 6) is 1.14. The van der Waals surface area contributed by atoms with Crippen molar-refractivity contribution >= 4 is 20.0 Å². The third-order valence-electron chi connectivity index (χ3n) is 6.39. The highest BCUT2D eigenvalue weighted by Crippen LogP contribution is 2.38. The van der Waals surface area contributed by atoms with E-state index < -0.39 is 8.32 Å². The highest BCUT2D eigenvalue weighted by molar-refractivity contribution is 6.74. The van der Waals surface area contributed by atoms with E-state index >= 15 is 0 Å². The predicted molar refractivity (Wildman–Crippen MR) is 139 cm³/mol. The molecule has 0 N–H and O–H groups in total. The molecule has 0 aliphatic carbocycles. The SMILES string of the molecule is CCCCOc1cc(CN(C)c2ccc(O[Si](C)(C)C(C)(C)C)cc2C)ccc1C(=O)OC. The molecule has 33 heavy (non-hydrogen) atoms. The normalized spacial score (nSPS) is 11.8. The number of esters is 1. The van der Waals surface area contributed by atoms with Gasteiger partial charge in [0.15, 0.2) is 0 Å². The van der Waals surface area contributed by atoms with Gasteiger partial charge in [0, 0.05) is 19.3 Å². The van der Waals surface area contributed by atoms with Crippen LogP contribution in [0.4, 0.5) is 5.69 Å². The Hall–Kier alpha value is -2.47. The first-order valence-corrected chi connectivity index (χ1v) is 14.6. The second-order valence-electron chi connectivity index (χ2n) is 10.2. The quantitative estimate of drug-likeness (QED) is 0.212. The molecule has 0 saturated carbocycles. The molecule has 2 aromatic carbocycles. The molecule has 6 heteroatoms. The monoisotopic (exact) mass is 471 g/mol. The molecule has 0 atom stereocenters. The molecule has 0 radical (unpaired) electrons. The number of ether oxygens (including phenoxy) is 2. The molecule has 182 valence electrons. The number of aryl methyl sites for hydroxylation is 1. The van der Waals surface area contributed by atoms with Gasteiger partial charge in [-0.25, -0.2) is 4.79 Å². The Labute approximate surface area is 201 Å². The topological polar surface area (TPSA) is 48.0 Å². The molecule has 0 bridgehead atoms. The highest BCUT2D eigenvalue weighted by atomic mass is 28.4. The average molecular weight is 472 g/mol. The fraction of sp³-hybridized carbons (Fsp3) is 0.519. The number of benzene rings is 2. The van der Waals surface area contributed by atoms with E-state index in [9.17, 15) is 4.79 Å².